The number of halogens is 2. The Morgan fingerprint density at radius 3 is 2.71 bits per heavy atom. The number of aromatic amines is 1. The quantitative estimate of drug-likeness (QED) is 0.124. The van der Waals surface area contributed by atoms with Gasteiger partial charge < -0.3 is 20.1 Å². The zero-order valence-electron chi connectivity index (χ0n) is 23.6. The van der Waals surface area contributed by atoms with Crippen LogP contribution in [-0.4, -0.2) is 57.0 Å². The zero-order valence-corrected chi connectivity index (χ0v) is 25.3. The molecule has 1 aromatic carbocycles. The van der Waals surface area contributed by atoms with Crippen LogP contribution in [0, 0.1) is 5.82 Å². The molecular formula is C30H32ClFN6O3Si. The Kier molecular flexibility index (Phi) is 8.83. The molecule has 218 valence electrons. The third kappa shape index (κ3) is 6.76. The van der Waals surface area contributed by atoms with E-state index in [2.05, 4.69) is 34.9 Å². The van der Waals surface area contributed by atoms with Crippen molar-refractivity contribution in [2.75, 3.05) is 13.2 Å². The summed E-state index contributed by atoms with van der Waals surface area (Å²) in [5.74, 6) is -1.03. The molecule has 0 fully saturated rings. The van der Waals surface area contributed by atoms with E-state index in [4.69, 9.17) is 26.4 Å². The molecule has 1 amide bonds. The van der Waals surface area contributed by atoms with Crippen molar-refractivity contribution in [1.29, 1.82) is 0 Å². The number of nitrogens with one attached hydrogen (secondary N) is 2. The lowest BCUT2D eigenvalue weighted by molar-refractivity contribution is 0.0814. The lowest BCUT2D eigenvalue weighted by Crippen LogP contribution is -2.31. The average Bonchev–Trinajstić information content (AvgIpc) is 3.60. The molecule has 1 atom stereocenters. The van der Waals surface area contributed by atoms with Crippen LogP contribution in [0.15, 0.2) is 67.3 Å². The summed E-state index contributed by atoms with van der Waals surface area (Å²) in [5, 5.41) is 18.2. The van der Waals surface area contributed by atoms with Gasteiger partial charge in [-0.3, -0.25) is 9.78 Å². The Morgan fingerprint density at radius 2 is 2.00 bits per heavy atom. The normalized spacial score (nSPS) is 12.5. The lowest BCUT2D eigenvalue weighted by Gasteiger charge is -2.16. The fraction of sp³-hybridized carbons (Fsp3) is 0.267. The number of fused-ring (bicyclic) bond motifs is 1. The van der Waals surface area contributed by atoms with E-state index in [9.17, 15) is 14.3 Å². The number of hydrogen-bond donors (Lipinski definition) is 3. The number of aliphatic hydroxyl groups is 1. The van der Waals surface area contributed by atoms with Crippen molar-refractivity contribution in [2.24, 2.45) is 0 Å². The van der Waals surface area contributed by atoms with Gasteiger partial charge in [-0.1, -0.05) is 43.4 Å². The first-order chi connectivity index (χ1) is 20.1. The van der Waals surface area contributed by atoms with Crippen LogP contribution in [0.5, 0.6) is 0 Å². The fourth-order valence-corrected chi connectivity index (χ4v) is 5.39. The second kappa shape index (κ2) is 12.5. The number of aliphatic hydroxyl groups excluding tert-OH is 1. The van der Waals surface area contributed by atoms with Crippen LogP contribution < -0.4 is 5.32 Å². The fourth-order valence-electron chi connectivity index (χ4n) is 4.45. The number of carbonyl (C=O) groups excluding carboxylic acids is 1. The van der Waals surface area contributed by atoms with E-state index in [0.29, 0.717) is 29.1 Å². The van der Waals surface area contributed by atoms with E-state index in [1.807, 2.05) is 18.2 Å². The van der Waals surface area contributed by atoms with Gasteiger partial charge in [0.2, 0.25) is 0 Å². The molecule has 9 nitrogen and oxygen atoms in total. The summed E-state index contributed by atoms with van der Waals surface area (Å²) in [6, 6.07) is 11.8. The summed E-state index contributed by atoms with van der Waals surface area (Å²) in [4.78, 5) is 25.1. The molecule has 42 heavy (non-hydrogen) atoms. The maximum Gasteiger partial charge on any atom is 0.268 e. The molecule has 0 unspecified atom stereocenters. The van der Waals surface area contributed by atoms with E-state index in [-0.39, 0.29) is 17.4 Å². The van der Waals surface area contributed by atoms with Crippen LogP contribution in [0.25, 0.3) is 33.4 Å². The standard InChI is InChI=1S/C30H32ClFN6O3Si/c1-42(2,3)10-9-41-18-38-29-23(11-21(15-35-29)20-5-4-8-33-14-20)28(37-38)22-13-26(34-16-22)30(40)36-27(17-39)19-6-7-25(32)24(31)12-19/h4-8,11-16,27,34,39H,9-10,17-18H2,1-3H3,(H,36,40)/t27-/m1/s1. The first-order valence-corrected chi connectivity index (χ1v) is 17.6. The summed E-state index contributed by atoms with van der Waals surface area (Å²) in [5.41, 5.74) is 4.53. The highest BCUT2D eigenvalue weighted by atomic mass is 35.5. The second-order valence-electron chi connectivity index (χ2n) is 11.2. The van der Waals surface area contributed by atoms with Crippen LogP contribution in [0.2, 0.25) is 30.7 Å². The second-order valence-corrected chi connectivity index (χ2v) is 17.2. The Hall–Kier alpha value is -3.90. The van der Waals surface area contributed by atoms with Crippen LogP contribution in [-0.2, 0) is 11.5 Å². The third-order valence-corrected chi connectivity index (χ3v) is 8.82. The molecule has 0 aliphatic carbocycles. The van der Waals surface area contributed by atoms with E-state index in [1.54, 1.807) is 35.5 Å². The molecule has 0 aliphatic rings. The van der Waals surface area contributed by atoms with E-state index < -0.39 is 32.4 Å². The maximum atomic E-state index is 13.6. The summed E-state index contributed by atoms with van der Waals surface area (Å²) in [6.07, 6.45) is 6.98. The average molecular weight is 607 g/mol. The predicted molar refractivity (Wildman–Crippen MR) is 163 cm³/mol. The highest BCUT2D eigenvalue weighted by Crippen LogP contribution is 2.31. The van der Waals surface area contributed by atoms with Gasteiger partial charge in [0, 0.05) is 61.5 Å². The minimum atomic E-state index is -1.25. The van der Waals surface area contributed by atoms with E-state index >= 15 is 0 Å². The molecule has 12 heteroatoms. The first kappa shape index (κ1) is 29.6. The molecule has 0 bridgehead atoms. The molecule has 0 saturated heterocycles. The number of pyridine rings is 2. The molecule has 4 heterocycles. The number of nitrogens with zero attached hydrogens (tertiary/aromatic N) is 4. The van der Waals surface area contributed by atoms with Gasteiger partial charge in [-0.25, -0.2) is 14.1 Å². The van der Waals surface area contributed by atoms with Crippen molar-refractivity contribution < 1.29 is 19.0 Å². The third-order valence-electron chi connectivity index (χ3n) is 6.83. The minimum Gasteiger partial charge on any atom is -0.394 e. The number of ether oxygens (including phenoxy) is 1. The van der Waals surface area contributed by atoms with E-state index in [0.717, 1.165) is 22.6 Å². The topological polar surface area (TPSA) is 118 Å². The number of H-pyrrole nitrogens is 1. The van der Waals surface area contributed by atoms with Crippen LogP contribution >= 0.6 is 11.6 Å². The van der Waals surface area contributed by atoms with Crippen molar-refractivity contribution in [3.05, 3.63) is 89.3 Å². The Bertz CT molecular complexity index is 1700. The Balaban J connectivity index is 1.44. The van der Waals surface area contributed by atoms with Gasteiger partial charge in [0.05, 0.1) is 17.7 Å². The number of carbonyl (C=O) groups is 1. The number of rotatable bonds is 11. The molecule has 5 rings (SSSR count). The number of benzene rings is 1. The highest BCUT2D eigenvalue weighted by Gasteiger charge is 2.21. The Morgan fingerprint density at radius 1 is 1.17 bits per heavy atom. The van der Waals surface area contributed by atoms with Gasteiger partial charge in [0.25, 0.3) is 5.91 Å². The van der Waals surface area contributed by atoms with Crippen molar-refractivity contribution in [1.82, 2.24) is 30.0 Å². The van der Waals surface area contributed by atoms with Gasteiger partial charge in [-0.15, -0.1) is 0 Å². The number of amides is 1. The first-order valence-electron chi connectivity index (χ1n) is 13.5. The zero-order chi connectivity index (χ0) is 29.9. The SMILES string of the molecule is C[Si](C)(C)CCOCn1nc(-c2c[nH]c(C(=O)N[C@H](CO)c3ccc(F)c(Cl)c3)c2)c2cc(-c3cccnc3)cnc21. The van der Waals surface area contributed by atoms with Gasteiger partial charge in [-0.2, -0.15) is 5.10 Å². The molecule has 0 saturated carbocycles. The molecule has 0 radical (unpaired) electrons. The van der Waals surface area contributed by atoms with Gasteiger partial charge in [-0.05, 0) is 41.9 Å². The lowest BCUT2D eigenvalue weighted by atomic mass is 10.1. The number of aromatic nitrogens is 5. The summed E-state index contributed by atoms with van der Waals surface area (Å²) in [6.45, 7) is 7.40. The van der Waals surface area contributed by atoms with Crippen molar-refractivity contribution >= 4 is 36.6 Å². The predicted octanol–water partition coefficient (Wildman–Crippen LogP) is 6.06. The summed E-state index contributed by atoms with van der Waals surface area (Å²) >= 11 is 5.90. The van der Waals surface area contributed by atoms with Crippen LogP contribution in [0.3, 0.4) is 0 Å². The Labute approximate surface area is 248 Å². The van der Waals surface area contributed by atoms with Crippen molar-refractivity contribution in [3.8, 4) is 22.4 Å². The van der Waals surface area contributed by atoms with Crippen molar-refractivity contribution in [2.45, 2.75) is 38.5 Å². The molecular weight excluding hydrogens is 575 g/mol. The van der Waals surface area contributed by atoms with Crippen molar-refractivity contribution in [3.63, 3.8) is 0 Å². The molecule has 0 spiro atoms. The molecule has 4 aromatic heterocycles. The largest absolute Gasteiger partial charge is 0.394 e. The molecule has 5 aromatic rings. The highest BCUT2D eigenvalue weighted by molar-refractivity contribution is 6.76. The summed E-state index contributed by atoms with van der Waals surface area (Å²) in [7, 11) is -1.25. The molecule has 0 aliphatic heterocycles. The number of hydrogen-bond acceptors (Lipinski definition) is 6. The molecule has 3 N–H and O–H groups in total. The van der Waals surface area contributed by atoms with Gasteiger partial charge >= 0.3 is 0 Å². The maximum absolute atomic E-state index is 13.6. The van der Waals surface area contributed by atoms with E-state index in [1.165, 1.54) is 18.2 Å². The van der Waals surface area contributed by atoms with Gasteiger partial charge in [0.1, 0.15) is 23.9 Å². The van der Waals surface area contributed by atoms with Crippen LogP contribution in [0.4, 0.5) is 4.39 Å². The summed E-state index contributed by atoms with van der Waals surface area (Å²) < 4.78 is 21.3. The minimum absolute atomic E-state index is 0.0893. The monoisotopic (exact) mass is 606 g/mol. The van der Waals surface area contributed by atoms with Crippen LogP contribution in [0.1, 0.15) is 22.1 Å². The smallest absolute Gasteiger partial charge is 0.268 e. The van der Waals surface area contributed by atoms with Gasteiger partial charge in [0.15, 0.2) is 5.65 Å².